The van der Waals surface area contributed by atoms with Gasteiger partial charge < -0.3 is 11.1 Å². The van der Waals surface area contributed by atoms with Crippen LogP contribution in [-0.4, -0.2) is 29.2 Å². The molecule has 0 bridgehead atoms. The van der Waals surface area contributed by atoms with Gasteiger partial charge in [0.2, 0.25) is 0 Å². The van der Waals surface area contributed by atoms with E-state index < -0.39 is 0 Å². The van der Waals surface area contributed by atoms with Crippen molar-refractivity contribution >= 4 is 5.91 Å². The van der Waals surface area contributed by atoms with E-state index >= 15 is 0 Å². The summed E-state index contributed by atoms with van der Waals surface area (Å²) in [6.45, 7) is 2.99. The summed E-state index contributed by atoms with van der Waals surface area (Å²) >= 11 is 0. The fourth-order valence-electron chi connectivity index (χ4n) is 1.65. The van der Waals surface area contributed by atoms with Crippen molar-refractivity contribution in [3.05, 3.63) is 41.8 Å². The average Bonchev–Trinajstić information content (AvgIpc) is 2.95. The van der Waals surface area contributed by atoms with Crippen LogP contribution >= 0.6 is 0 Å². The van der Waals surface area contributed by atoms with E-state index in [-0.39, 0.29) is 17.6 Å². The van der Waals surface area contributed by atoms with Gasteiger partial charge in [-0.2, -0.15) is 5.10 Å². The molecule has 2 rings (SSSR count). The average molecular weight is 276 g/mol. The molecule has 0 saturated carbocycles. The minimum atomic E-state index is -0.307. The summed E-state index contributed by atoms with van der Waals surface area (Å²) in [5.41, 5.74) is 7.20. The summed E-state index contributed by atoms with van der Waals surface area (Å²) in [5.74, 6) is -0.317. The van der Waals surface area contributed by atoms with Crippen LogP contribution in [0.5, 0.6) is 0 Å². The second-order valence-electron chi connectivity index (χ2n) is 4.72. The number of carbonyl (C=O) groups is 1. The number of H-pyrrole nitrogens is 1. The molecule has 0 radical (unpaired) electrons. The second kappa shape index (κ2) is 6.29. The van der Waals surface area contributed by atoms with E-state index in [2.05, 4.69) is 15.5 Å². The van der Waals surface area contributed by atoms with Gasteiger partial charge in [-0.3, -0.25) is 9.89 Å². The Kier molecular flexibility index (Phi) is 4.47. The third-order valence-electron chi connectivity index (χ3n) is 2.98. The number of amides is 1. The Balaban J connectivity index is 2.05. The SMILES string of the molecule is CC(CN)CNC(=O)c1cc(-c2ccc(F)cc2)n[nH]1. The fraction of sp³-hybridized carbons (Fsp3) is 0.286. The van der Waals surface area contributed by atoms with Crippen molar-refractivity contribution in [2.24, 2.45) is 11.7 Å². The second-order valence-corrected chi connectivity index (χ2v) is 4.72. The topological polar surface area (TPSA) is 83.8 Å². The zero-order chi connectivity index (χ0) is 14.5. The zero-order valence-corrected chi connectivity index (χ0v) is 11.2. The first kappa shape index (κ1) is 14.2. The lowest BCUT2D eigenvalue weighted by molar-refractivity contribution is 0.0943. The van der Waals surface area contributed by atoms with Gasteiger partial charge in [0.05, 0.1) is 5.69 Å². The molecule has 1 amide bonds. The Labute approximate surface area is 116 Å². The monoisotopic (exact) mass is 276 g/mol. The van der Waals surface area contributed by atoms with Crippen molar-refractivity contribution in [1.29, 1.82) is 0 Å². The van der Waals surface area contributed by atoms with E-state index in [4.69, 9.17) is 5.73 Å². The highest BCUT2D eigenvalue weighted by Gasteiger charge is 2.11. The third kappa shape index (κ3) is 3.42. The maximum atomic E-state index is 12.8. The van der Waals surface area contributed by atoms with Gasteiger partial charge >= 0.3 is 0 Å². The van der Waals surface area contributed by atoms with E-state index in [1.807, 2.05) is 6.92 Å². The lowest BCUT2D eigenvalue weighted by Crippen LogP contribution is -2.31. The number of rotatable bonds is 5. The lowest BCUT2D eigenvalue weighted by atomic mass is 10.1. The molecule has 5 nitrogen and oxygen atoms in total. The standard InChI is InChI=1S/C14H17FN4O/c1-9(7-16)8-17-14(20)13-6-12(18-19-13)10-2-4-11(15)5-3-10/h2-6,9H,7-8,16H2,1H3,(H,17,20)(H,18,19). The van der Waals surface area contributed by atoms with Gasteiger partial charge in [-0.15, -0.1) is 0 Å². The molecule has 6 heteroatoms. The third-order valence-corrected chi connectivity index (χ3v) is 2.98. The molecule has 1 aromatic carbocycles. The van der Waals surface area contributed by atoms with Crippen LogP contribution in [-0.2, 0) is 0 Å². The van der Waals surface area contributed by atoms with Gasteiger partial charge in [0.1, 0.15) is 11.5 Å². The smallest absolute Gasteiger partial charge is 0.269 e. The fourth-order valence-corrected chi connectivity index (χ4v) is 1.65. The van der Waals surface area contributed by atoms with Crippen molar-refractivity contribution in [3.8, 4) is 11.3 Å². The van der Waals surface area contributed by atoms with Gasteiger partial charge in [0.25, 0.3) is 5.91 Å². The van der Waals surface area contributed by atoms with Crippen LogP contribution in [0.25, 0.3) is 11.3 Å². The Morgan fingerprint density at radius 1 is 1.45 bits per heavy atom. The van der Waals surface area contributed by atoms with E-state index in [1.54, 1.807) is 18.2 Å². The van der Waals surface area contributed by atoms with Crippen molar-refractivity contribution < 1.29 is 9.18 Å². The molecule has 0 aliphatic rings. The van der Waals surface area contributed by atoms with E-state index in [1.165, 1.54) is 12.1 Å². The summed E-state index contributed by atoms with van der Waals surface area (Å²) in [6, 6.07) is 7.57. The minimum Gasteiger partial charge on any atom is -0.350 e. The Hall–Kier alpha value is -2.21. The first-order chi connectivity index (χ1) is 9.60. The number of hydrogen-bond acceptors (Lipinski definition) is 3. The van der Waals surface area contributed by atoms with Crippen LogP contribution < -0.4 is 11.1 Å². The van der Waals surface area contributed by atoms with Gasteiger partial charge in [0, 0.05) is 12.1 Å². The molecule has 106 valence electrons. The van der Waals surface area contributed by atoms with Gasteiger partial charge in [0.15, 0.2) is 0 Å². The molecule has 20 heavy (non-hydrogen) atoms. The highest BCUT2D eigenvalue weighted by molar-refractivity contribution is 5.93. The Morgan fingerprint density at radius 3 is 2.80 bits per heavy atom. The normalized spacial score (nSPS) is 12.2. The largest absolute Gasteiger partial charge is 0.350 e. The molecule has 1 aromatic heterocycles. The van der Waals surface area contributed by atoms with E-state index in [0.717, 1.165) is 5.56 Å². The van der Waals surface area contributed by atoms with Gasteiger partial charge in [-0.25, -0.2) is 4.39 Å². The molecular formula is C14H17FN4O. The van der Waals surface area contributed by atoms with Crippen LogP contribution in [0.15, 0.2) is 30.3 Å². The van der Waals surface area contributed by atoms with Crippen molar-refractivity contribution in [1.82, 2.24) is 15.5 Å². The van der Waals surface area contributed by atoms with E-state index in [0.29, 0.717) is 24.5 Å². The molecule has 0 fully saturated rings. The number of aromatic nitrogens is 2. The molecule has 0 aliphatic heterocycles. The number of halogens is 1. The maximum Gasteiger partial charge on any atom is 0.269 e. The molecule has 1 atom stereocenters. The number of nitrogens with one attached hydrogen (secondary N) is 2. The Morgan fingerprint density at radius 2 is 2.15 bits per heavy atom. The van der Waals surface area contributed by atoms with Crippen LogP contribution in [0.1, 0.15) is 17.4 Å². The van der Waals surface area contributed by atoms with Crippen molar-refractivity contribution in [2.45, 2.75) is 6.92 Å². The number of nitrogens with zero attached hydrogens (tertiary/aromatic N) is 1. The molecule has 4 N–H and O–H groups in total. The first-order valence-electron chi connectivity index (χ1n) is 6.39. The molecule has 2 aromatic rings. The van der Waals surface area contributed by atoms with E-state index in [9.17, 15) is 9.18 Å². The van der Waals surface area contributed by atoms with Gasteiger partial charge in [-0.1, -0.05) is 6.92 Å². The minimum absolute atomic E-state index is 0.221. The molecule has 1 heterocycles. The summed E-state index contributed by atoms with van der Waals surface area (Å²) in [6.07, 6.45) is 0. The van der Waals surface area contributed by atoms with Crippen LogP contribution in [0, 0.1) is 11.7 Å². The number of hydrogen-bond donors (Lipinski definition) is 3. The zero-order valence-electron chi connectivity index (χ0n) is 11.2. The van der Waals surface area contributed by atoms with Crippen LogP contribution in [0.2, 0.25) is 0 Å². The predicted molar refractivity (Wildman–Crippen MR) is 74.5 cm³/mol. The van der Waals surface area contributed by atoms with Crippen LogP contribution in [0.3, 0.4) is 0 Å². The summed E-state index contributed by atoms with van der Waals surface area (Å²) < 4.78 is 12.8. The maximum absolute atomic E-state index is 12.8. The highest BCUT2D eigenvalue weighted by Crippen LogP contribution is 2.17. The first-order valence-corrected chi connectivity index (χ1v) is 6.39. The summed E-state index contributed by atoms with van der Waals surface area (Å²) in [4.78, 5) is 11.9. The summed E-state index contributed by atoms with van der Waals surface area (Å²) in [7, 11) is 0. The predicted octanol–water partition coefficient (Wildman–Crippen LogP) is 1.54. The molecule has 0 aliphatic carbocycles. The number of benzene rings is 1. The molecular weight excluding hydrogens is 259 g/mol. The van der Waals surface area contributed by atoms with Crippen molar-refractivity contribution in [2.75, 3.05) is 13.1 Å². The highest BCUT2D eigenvalue weighted by atomic mass is 19.1. The molecule has 0 saturated heterocycles. The lowest BCUT2D eigenvalue weighted by Gasteiger charge is -2.08. The molecule has 1 unspecified atom stereocenters. The number of aromatic amines is 1. The van der Waals surface area contributed by atoms with Crippen molar-refractivity contribution in [3.63, 3.8) is 0 Å². The number of nitrogens with two attached hydrogens (primary N) is 1. The summed E-state index contributed by atoms with van der Waals surface area (Å²) in [5, 5.41) is 9.50. The number of carbonyl (C=O) groups excluding carboxylic acids is 1. The van der Waals surface area contributed by atoms with Crippen LogP contribution in [0.4, 0.5) is 4.39 Å². The molecule has 0 spiro atoms. The quantitative estimate of drug-likeness (QED) is 0.774. The Bertz CT molecular complexity index is 579. The van der Waals surface area contributed by atoms with Gasteiger partial charge in [-0.05, 0) is 42.8 Å².